The molecule has 0 aliphatic carbocycles. The van der Waals surface area contributed by atoms with Gasteiger partial charge in [-0.1, -0.05) is 12.2 Å². The number of carbonyl (C=O) groups is 2. The van der Waals surface area contributed by atoms with E-state index in [-0.39, 0.29) is 0 Å². The summed E-state index contributed by atoms with van der Waals surface area (Å²) in [5, 5.41) is 0. The molecule has 2 aliphatic rings. The molecular weight excluding hydrogens is 184 g/mol. The predicted octanol–water partition coefficient (Wildman–Crippen LogP) is 0.442. The number of esters is 2. The Morgan fingerprint density at radius 2 is 1.43 bits per heavy atom. The number of carbonyl (C=O) groups excluding carboxylic acids is 2. The van der Waals surface area contributed by atoms with Crippen molar-refractivity contribution in [2.45, 2.75) is 12.2 Å². The van der Waals surface area contributed by atoms with E-state index in [0.29, 0.717) is 0 Å². The molecule has 0 aromatic carbocycles. The summed E-state index contributed by atoms with van der Waals surface area (Å²) in [4.78, 5) is 22.6. The Hall–Kier alpha value is -1.42. The quantitative estimate of drug-likeness (QED) is 0.363. The molecule has 4 unspecified atom stereocenters. The molecule has 4 atom stereocenters. The van der Waals surface area contributed by atoms with Crippen molar-refractivity contribution in [3.05, 3.63) is 25.3 Å². The van der Waals surface area contributed by atoms with Crippen LogP contribution in [0.25, 0.3) is 0 Å². The van der Waals surface area contributed by atoms with Crippen molar-refractivity contribution in [2.75, 3.05) is 0 Å². The van der Waals surface area contributed by atoms with Crippen LogP contribution in [0, 0.1) is 11.8 Å². The van der Waals surface area contributed by atoms with Crippen molar-refractivity contribution < 1.29 is 19.1 Å². The lowest BCUT2D eigenvalue weighted by atomic mass is 9.89. The number of hydrogen-bond donors (Lipinski definition) is 0. The third-order valence-electron chi connectivity index (χ3n) is 2.62. The molecule has 0 saturated carbocycles. The Morgan fingerprint density at radius 1 is 1.00 bits per heavy atom. The highest BCUT2D eigenvalue weighted by Crippen LogP contribution is 2.39. The Bertz CT molecular complexity index is 290. The van der Waals surface area contributed by atoms with Crippen LogP contribution < -0.4 is 0 Å². The minimum atomic E-state index is -0.539. The SMILES string of the molecule is C=CC1OC(C=C)C2C(=O)OC(=O)C12. The van der Waals surface area contributed by atoms with Gasteiger partial charge in [0.2, 0.25) is 0 Å². The summed E-state index contributed by atoms with van der Waals surface area (Å²) in [6.45, 7) is 7.11. The monoisotopic (exact) mass is 194 g/mol. The molecule has 2 aliphatic heterocycles. The second-order valence-corrected chi connectivity index (χ2v) is 3.33. The summed E-state index contributed by atoms with van der Waals surface area (Å²) in [6.07, 6.45) is 2.14. The second kappa shape index (κ2) is 3.06. The van der Waals surface area contributed by atoms with E-state index in [1.54, 1.807) is 0 Å². The molecule has 4 heteroatoms. The van der Waals surface area contributed by atoms with Gasteiger partial charge >= 0.3 is 11.9 Å². The van der Waals surface area contributed by atoms with E-state index in [1.165, 1.54) is 12.2 Å². The smallest absolute Gasteiger partial charge is 0.320 e. The number of hydrogen-bond acceptors (Lipinski definition) is 4. The molecule has 4 nitrogen and oxygen atoms in total. The summed E-state index contributed by atoms with van der Waals surface area (Å²) < 4.78 is 9.95. The molecule has 0 radical (unpaired) electrons. The average Bonchev–Trinajstić information content (AvgIpc) is 2.67. The summed E-state index contributed by atoms with van der Waals surface area (Å²) >= 11 is 0. The first kappa shape index (κ1) is 9.15. The van der Waals surface area contributed by atoms with Crippen LogP contribution in [-0.2, 0) is 19.1 Å². The van der Waals surface area contributed by atoms with E-state index in [9.17, 15) is 9.59 Å². The van der Waals surface area contributed by atoms with E-state index in [4.69, 9.17) is 4.74 Å². The Labute approximate surface area is 81.2 Å². The fourth-order valence-corrected chi connectivity index (χ4v) is 1.96. The fraction of sp³-hybridized carbons (Fsp3) is 0.400. The first-order chi connectivity index (χ1) is 6.69. The first-order valence-corrected chi connectivity index (χ1v) is 4.35. The van der Waals surface area contributed by atoms with E-state index in [1.807, 2.05) is 0 Å². The third kappa shape index (κ3) is 1.04. The predicted molar refractivity (Wildman–Crippen MR) is 47.1 cm³/mol. The van der Waals surface area contributed by atoms with Crippen LogP contribution in [-0.4, -0.2) is 24.1 Å². The normalized spacial score (nSPS) is 40.6. The average molecular weight is 194 g/mol. The van der Waals surface area contributed by atoms with E-state index in [0.717, 1.165) is 0 Å². The van der Waals surface area contributed by atoms with Gasteiger partial charge in [-0.3, -0.25) is 9.59 Å². The lowest BCUT2D eigenvalue weighted by molar-refractivity contribution is -0.156. The number of fused-ring (bicyclic) bond motifs is 1. The molecule has 2 saturated heterocycles. The maximum atomic E-state index is 11.3. The summed E-state index contributed by atoms with van der Waals surface area (Å²) in [5.74, 6) is -2.12. The highest BCUT2D eigenvalue weighted by molar-refractivity contribution is 5.98. The van der Waals surface area contributed by atoms with Crippen LogP contribution in [0.3, 0.4) is 0 Å². The van der Waals surface area contributed by atoms with Crippen LogP contribution in [0.1, 0.15) is 0 Å². The molecule has 14 heavy (non-hydrogen) atoms. The van der Waals surface area contributed by atoms with Gasteiger partial charge in [0, 0.05) is 0 Å². The maximum Gasteiger partial charge on any atom is 0.320 e. The molecule has 0 amide bonds. The standard InChI is InChI=1S/C10H10O4/c1-3-5-7-8(6(4-2)13-5)10(12)14-9(7)11/h3-8H,1-2H2. The van der Waals surface area contributed by atoms with Crippen LogP contribution in [0.5, 0.6) is 0 Å². The minimum absolute atomic E-state index is 0.443. The zero-order valence-corrected chi connectivity index (χ0v) is 7.51. The molecule has 2 rings (SSSR count). The van der Waals surface area contributed by atoms with Gasteiger partial charge in [0.1, 0.15) is 11.8 Å². The summed E-state index contributed by atoms with van der Waals surface area (Å²) in [5.41, 5.74) is 0. The highest BCUT2D eigenvalue weighted by atomic mass is 16.6. The van der Waals surface area contributed by atoms with Gasteiger partial charge in [0.15, 0.2) is 0 Å². The molecule has 2 fully saturated rings. The van der Waals surface area contributed by atoms with E-state index in [2.05, 4.69) is 17.9 Å². The van der Waals surface area contributed by atoms with Crippen molar-refractivity contribution in [1.29, 1.82) is 0 Å². The highest BCUT2D eigenvalue weighted by Gasteiger charge is 2.56. The molecule has 2 heterocycles. The maximum absolute atomic E-state index is 11.3. The fourth-order valence-electron chi connectivity index (χ4n) is 1.96. The van der Waals surface area contributed by atoms with Gasteiger partial charge in [0.25, 0.3) is 0 Å². The molecule has 0 N–H and O–H groups in total. The van der Waals surface area contributed by atoms with Crippen LogP contribution in [0.2, 0.25) is 0 Å². The minimum Gasteiger partial charge on any atom is -0.393 e. The molecule has 0 aromatic heterocycles. The molecule has 0 aromatic rings. The van der Waals surface area contributed by atoms with Gasteiger partial charge in [-0.15, -0.1) is 13.2 Å². The van der Waals surface area contributed by atoms with Crippen molar-refractivity contribution >= 4 is 11.9 Å². The van der Waals surface area contributed by atoms with E-state index < -0.39 is 36.0 Å². The van der Waals surface area contributed by atoms with Crippen molar-refractivity contribution in [3.63, 3.8) is 0 Å². The number of cyclic esters (lactones) is 2. The molecule has 0 spiro atoms. The summed E-state index contributed by atoms with van der Waals surface area (Å²) in [7, 11) is 0. The van der Waals surface area contributed by atoms with Crippen molar-refractivity contribution in [3.8, 4) is 0 Å². The van der Waals surface area contributed by atoms with Crippen LogP contribution >= 0.6 is 0 Å². The van der Waals surface area contributed by atoms with Gasteiger partial charge in [-0.05, 0) is 0 Å². The second-order valence-electron chi connectivity index (χ2n) is 3.33. The van der Waals surface area contributed by atoms with Gasteiger partial charge in [-0.2, -0.15) is 0 Å². The molecule has 74 valence electrons. The van der Waals surface area contributed by atoms with Crippen molar-refractivity contribution in [1.82, 2.24) is 0 Å². The molecular formula is C10H10O4. The lowest BCUT2D eigenvalue weighted by Crippen LogP contribution is -2.23. The van der Waals surface area contributed by atoms with Crippen molar-refractivity contribution in [2.24, 2.45) is 11.8 Å². The zero-order valence-electron chi connectivity index (χ0n) is 7.51. The molecule has 0 bridgehead atoms. The van der Waals surface area contributed by atoms with Crippen LogP contribution in [0.4, 0.5) is 0 Å². The Kier molecular flexibility index (Phi) is 2.00. The van der Waals surface area contributed by atoms with E-state index >= 15 is 0 Å². The number of rotatable bonds is 2. The van der Waals surface area contributed by atoms with Gasteiger partial charge in [-0.25, -0.2) is 0 Å². The van der Waals surface area contributed by atoms with Gasteiger partial charge < -0.3 is 9.47 Å². The Morgan fingerprint density at radius 3 is 1.79 bits per heavy atom. The largest absolute Gasteiger partial charge is 0.393 e. The van der Waals surface area contributed by atoms with Crippen LogP contribution in [0.15, 0.2) is 25.3 Å². The Balaban J connectivity index is 2.35. The topological polar surface area (TPSA) is 52.6 Å². The van der Waals surface area contributed by atoms with Gasteiger partial charge in [0.05, 0.1) is 12.2 Å². The number of ether oxygens (including phenoxy) is 2. The zero-order chi connectivity index (χ0) is 10.3. The summed E-state index contributed by atoms with van der Waals surface area (Å²) in [6, 6.07) is 0. The lowest BCUT2D eigenvalue weighted by Gasteiger charge is -2.09. The third-order valence-corrected chi connectivity index (χ3v) is 2.62. The first-order valence-electron chi connectivity index (χ1n) is 4.35.